The summed E-state index contributed by atoms with van der Waals surface area (Å²) in [5.41, 5.74) is 6.99. The third-order valence-corrected chi connectivity index (χ3v) is 4.20. The van der Waals surface area contributed by atoms with E-state index >= 15 is 0 Å². The van der Waals surface area contributed by atoms with Gasteiger partial charge in [0.2, 0.25) is 0 Å². The molecule has 0 aliphatic rings. The lowest BCUT2D eigenvalue weighted by Crippen LogP contribution is -1.94. The fourth-order valence-electron chi connectivity index (χ4n) is 3.28. The molecule has 0 fully saturated rings. The normalized spacial score (nSPS) is 11.6. The topological polar surface area (TPSA) is 4.93 Å². The van der Waals surface area contributed by atoms with Gasteiger partial charge in [0.25, 0.3) is 0 Å². The van der Waals surface area contributed by atoms with Crippen LogP contribution in [-0.4, -0.2) is 4.57 Å². The fraction of sp³-hybridized carbons (Fsp3) is 0.333. The van der Waals surface area contributed by atoms with Crippen molar-refractivity contribution in [2.24, 2.45) is 0 Å². The van der Waals surface area contributed by atoms with Crippen molar-refractivity contribution in [2.45, 2.75) is 40.7 Å². The predicted octanol–water partition coefficient (Wildman–Crippen LogP) is 4.99. The van der Waals surface area contributed by atoms with E-state index in [-0.39, 0.29) is 0 Å². The van der Waals surface area contributed by atoms with Crippen molar-refractivity contribution in [2.75, 3.05) is 0 Å². The van der Waals surface area contributed by atoms with Crippen LogP contribution in [0.4, 0.5) is 0 Å². The molecule has 98 valence electrons. The summed E-state index contributed by atoms with van der Waals surface area (Å²) in [6.45, 7) is 9.91. The highest BCUT2D eigenvalue weighted by molar-refractivity contribution is 6.10. The average Bonchev–Trinajstić information content (AvgIpc) is 2.72. The van der Waals surface area contributed by atoms with Gasteiger partial charge in [-0.1, -0.05) is 24.6 Å². The minimum absolute atomic E-state index is 1.02. The smallest absolute Gasteiger partial charge is 0.0494 e. The minimum atomic E-state index is 1.02. The number of benzene rings is 2. The molecule has 3 aromatic rings. The summed E-state index contributed by atoms with van der Waals surface area (Å²) in [5, 5.41) is 2.88. The summed E-state index contributed by atoms with van der Waals surface area (Å²) in [5.74, 6) is 0. The molecule has 19 heavy (non-hydrogen) atoms. The fourth-order valence-corrected chi connectivity index (χ4v) is 3.28. The Bertz CT molecular complexity index is 762. The second kappa shape index (κ2) is 4.41. The zero-order chi connectivity index (χ0) is 13.6. The van der Waals surface area contributed by atoms with Crippen molar-refractivity contribution in [1.82, 2.24) is 4.57 Å². The summed E-state index contributed by atoms with van der Waals surface area (Å²) >= 11 is 0. The molecule has 0 saturated carbocycles. The Kier molecular flexibility index (Phi) is 2.85. The van der Waals surface area contributed by atoms with Gasteiger partial charge in [-0.3, -0.25) is 0 Å². The molecule has 0 spiro atoms. The molecule has 0 N–H and O–H groups in total. The van der Waals surface area contributed by atoms with Crippen LogP contribution in [-0.2, 0) is 13.0 Å². The highest BCUT2D eigenvalue weighted by Gasteiger charge is 2.13. The molecule has 0 radical (unpaired) electrons. The number of hydrogen-bond acceptors (Lipinski definition) is 0. The maximum atomic E-state index is 2.43. The van der Waals surface area contributed by atoms with Gasteiger partial charge in [0.1, 0.15) is 0 Å². The number of nitrogens with zero attached hydrogens (tertiary/aromatic N) is 1. The van der Waals surface area contributed by atoms with Crippen LogP contribution >= 0.6 is 0 Å². The van der Waals surface area contributed by atoms with E-state index in [2.05, 4.69) is 62.6 Å². The second-order valence-electron chi connectivity index (χ2n) is 5.37. The predicted molar refractivity (Wildman–Crippen MR) is 84.0 cm³/mol. The van der Waals surface area contributed by atoms with E-state index in [9.17, 15) is 0 Å². The van der Waals surface area contributed by atoms with E-state index in [1.165, 1.54) is 38.5 Å². The molecule has 0 aliphatic carbocycles. The molecule has 0 atom stereocenters. The molecule has 1 heterocycles. The zero-order valence-electron chi connectivity index (χ0n) is 12.2. The summed E-state index contributed by atoms with van der Waals surface area (Å²) in [7, 11) is 0. The summed E-state index contributed by atoms with van der Waals surface area (Å²) in [6, 6.07) is 11.4. The van der Waals surface area contributed by atoms with Gasteiger partial charge in [0, 0.05) is 28.4 Å². The Hall–Kier alpha value is -1.76. The van der Waals surface area contributed by atoms with Gasteiger partial charge >= 0.3 is 0 Å². The Balaban J connectivity index is 2.60. The Morgan fingerprint density at radius 2 is 1.68 bits per heavy atom. The number of hydrogen-bond donors (Lipinski definition) is 0. The molecule has 0 aliphatic heterocycles. The lowest BCUT2D eigenvalue weighted by Gasteiger charge is -2.07. The van der Waals surface area contributed by atoms with Crippen molar-refractivity contribution in [3.63, 3.8) is 0 Å². The third-order valence-electron chi connectivity index (χ3n) is 4.20. The molecule has 0 bridgehead atoms. The van der Waals surface area contributed by atoms with Gasteiger partial charge in [-0.2, -0.15) is 0 Å². The van der Waals surface area contributed by atoms with Crippen LogP contribution in [0.2, 0.25) is 0 Å². The highest BCUT2D eigenvalue weighted by atomic mass is 15.0. The van der Waals surface area contributed by atoms with E-state index in [0.717, 1.165) is 13.0 Å². The van der Waals surface area contributed by atoms with Crippen molar-refractivity contribution >= 4 is 21.8 Å². The van der Waals surface area contributed by atoms with E-state index in [0.29, 0.717) is 0 Å². The maximum absolute atomic E-state index is 2.43. The number of aromatic nitrogens is 1. The molecular weight excluding hydrogens is 230 g/mol. The van der Waals surface area contributed by atoms with Crippen LogP contribution in [0.5, 0.6) is 0 Å². The van der Waals surface area contributed by atoms with Crippen molar-refractivity contribution in [3.8, 4) is 0 Å². The second-order valence-corrected chi connectivity index (χ2v) is 5.37. The quantitative estimate of drug-likeness (QED) is 0.604. The van der Waals surface area contributed by atoms with Crippen molar-refractivity contribution < 1.29 is 0 Å². The third kappa shape index (κ3) is 1.68. The SMILES string of the molecule is CCc1c(C)ccc2c1c1cc(C)ccc1n2CC. The lowest BCUT2D eigenvalue weighted by atomic mass is 9.99. The van der Waals surface area contributed by atoms with E-state index in [1.807, 2.05) is 0 Å². The maximum Gasteiger partial charge on any atom is 0.0494 e. The lowest BCUT2D eigenvalue weighted by molar-refractivity contribution is 0.826. The van der Waals surface area contributed by atoms with Crippen LogP contribution in [0.3, 0.4) is 0 Å². The van der Waals surface area contributed by atoms with Gasteiger partial charge < -0.3 is 4.57 Å². The van der Waals surface area contributed by atoms with Crippen LogP contribution in [0, 0.1) is 13.8 Å². The van der Waals surface area contributed by atoms with Crippen molar-refractivity contribution in [3.05, 3.63) is 47.0 Å². The average molecular weight is 251 g/mol. The molecule has 0 amide bonds. The molecule has 1 heteroatoms. The molecule has 0 saturated heterocycles. The minimum Gasteiger partial charge on any atom is -0.341 e. The first-order valence-electron chi connectivity index (χ1n) is 7.18. The Labute approximate surface area is 114 Å². The zero-order valence-corrected chi connectivity index (χ0v) is 12.2. The molecule has 2 aromatic carbocycles. The van der Waals surface area contributed by atoms with Gasteiger partial charge in [0.15, 0.2) is 0 Å². The summed E-state index contributed by atoms with van der Waals surface area (Å²) in [6.07, 6.45) is 1.10. The monoisotopic (exact) mass is 251 g/mol. The Morgan fingerprint density at radius 1 is 0.947 bits per heavy atom. The summed E-state index contributed by atoms with van der Waals surface area (Å²) in [4.78, 5) is 0. The summed E-state index contributed by atoms with van der Waals surface area (Å²) < 4.78 is 2.43. The van der Waals surface area contributed by atoms with Gasteiger partial charge in [-0.05, 0) is 56.5 Å². The van der Waals surface area contributed by atoms with Gasteiger partial charge in [-0.25, -0.2) is 0 Å². The number of rotatable bonds is 2. The van der Waals surface area contributed by atoms with E-state index in [1.54, 1.807) is 0 Å². The Morgan fingerprint density at radius 3 is 2.37 bits per heavy atom. The van der Waals surface area contributed by atoms with Gasteiger partial charge in [-0.15, -0.1) is 0 Å². The first kappa shape index (κ1) is 12.3. The first-order chi connectivity index (χ1) is 9.17. The molecule has 1 nitrogen and oxygen atoms in total. The van der Waals surface area contributed by atoms with Crippen LogP contribution in [0.25, 0.3) is 21.8 Å². The van der Waals surface area contributed by atoms with E-state index in [4.69, 9.17) is 0 Å². The molecule has 1 aromatic heterocycles. The van der Waals surface area contributed by atoms with Crippen LogP contribution in [0.15, 0.2) is 30.3 Å². The van der Waals surface area contributed by atoms with Crippen LogP contribution < -0.4 is 0 Å². The van der Waals surface area contributed by atoms with Crippen molar-refractivity contribution in [1.29, 1.82) is 0 Å². The van der Waals surface area contributed by atoms with E-state index < -0.39 is 0 Å². The number of aryl methyl sites for hydroxylation is 4. The van der Waals surface area contributed by atoms with Gasteiger partial charge in [0.05, 0.1) is 0 Å². The largest absolute Gasteiger partial charge is 0.341 e. The van der Waals surface area contributed by atoms with Crippen LogP contribution in [0.1, 0.15) is 30.5 Å². The molecular formula is C18H21N. The molecule has 3 rings (SSSR count). The molecule has 0 unspecified atom stereocenters. The first-order valence-corrected chi connectivity index (χ1v) is 7.18. The highest BCUT2D eigenvalue weighted by Crippen LogP contribution is 2.34. The number of fused-ring (bicyclic) bond motifs is 3. The standard InChI is InChI=1S/C18H21N/c1-5-14-13(4)8-10-17-18(14)15-11-12(3)7-9-16(15)19(17)6-2/h7-11H,5-6H2,1-4H3.